The number of allylic oxidation sites excluding steroid dienone is 1. The molecule has 1 aromatic carbocycles. The van der Waals surface area contributed by atoms with Crippen molar-refractivity contribution in [3.63, 3.8) is 0 Å². The van der Waals surface area contributed by atoms with Crippen LogP contribution in [0.15, 0.2) is 24.3 Å². The molecule has 0 amide bonds. The second kappa shape index (κ2) is 5.35. The van der Waals surface area contributed by atoms with Crippen LogP contribution in [0.5, 0.6) is 0 Å². The number of H-pyrrole nitrogens is 1. The van der Waals surface area contributed by atoms with E-state index < -0.39 is 0 Å². The van der Waals surface area contributed by atoms with E-state index in [1.54, 1.807) is 0 Å². The summed E-state index contributed by atoms with van der Waals surface area (Å²) in [5, 5.41) is 8.36. The van der Waals surface area contributed by atoms with Crippen LogP contribution in [0.1, 0.15) is 18.2 Å². The van der Waals surface area contributed by atoms with Gasteiger partial charge in [-0.05, 0) is 25.1 Å². The smallest absolute Gasteiger partial charge is 0.0927 e. The molecule has 0 unspecified atom stereocenters. The third-order valence-corrected chi connectivity index (χ3v) is 2.70. The normalized spacial score (nSPS) is 11.1. The molecule has 2 aromatic rings. The van der Waals surface area contributed by atoms with E-state index in [1.165, 1.54) is 12.6 Å². The Morgan fingerprint density at radius 1 is 1.53 bits per heavy atom. The van der Waals surface area contributed by atoms with Gasteiger partial charge in [-0.3, -0.25) is 5.10 Å². The van der Waals surface area contributed by atoms with Crippen molar-refractivity contribution in [3.05, 3.63) is 35.5 Å². The first-order chi connectivity index (χ1) is 8.24. The fourth-order valence-corrected chi connectivity index (χ4v) is 1.84. The minimum absolute atomic E-state index is 0.107. The zero-order valence-corrected chi connectivity index (χ0v) is 9.85. The third kappa shape index (κ3) is 2.68. The van der Waals surface area contributed by atoms with Crippen LogP contribution in [0, 0.1) is 0 Å². The molecule has 0 aliphatic carbocycles. The maximum Gasteiger partial charge on any atom is 0.0927 e. The van der Waals surface area contributed by atoms with Crippen molar-refractivity contribution < 1.29 is 0 Å². The first-order valence-electron chi connectivity index (χ1n) is 5.65. The van der Waals surface area contributed by atoms with Gasteiger partial charge in [-0.1, -0.05) is 24.0 Å². The van der Waals surface area contributed by atoms with Crippen LogP contribution in [0.2, 0.25) is 0 Å². The molecule has 0 aliphatic heterocycles. The van der Waals surface area contributed by atoms with Gasteiger partial charge >= 0.3 is 0 Å². The average Bonchev–Trinajstić information content (AvgIpc) is 2.73. The van der Waals surface area contributed by atoms with Gasteiger partial charge in [-0.25, -0.2) is 0 Å². The number of fused-ring (bicyclic) bond motifs is 1. The first-order valence-corrected chi connectivity index (χ1v) is 5.65. The van der Waals surface area contributed by atoms with Crippen LogP contribution in [-0.4, -0.2) is 39.2 Å². The third-order valence-electron chi connectivity index (χ3n) is 2.70. The van der Waals surface area contributed by atoms with E-state index in [9.17, 15) is 0 Å². The monoisotopic (exact) mass is 215 g/mol. The molecule has 1 heterocycles. The summed E-state index contributed by atoms with van der Waals surface area (Å²) in [5.41, 5.74) is 3.15. The van der Waals surface area contributed by atoms with E-state index in [0.717, 1.165) is 22.9 Å². The Labute approximate surface area is 105 Å². The molecule has 0 atom stereocenters. The summed E-state index contributed by atoms with van der Waals surface area (Å²) in [4.78, 5) is 0. The lowest BCUT2D eigenvalue weighted by Crippen LogP contribution is -2.26. The highest BCUT2D eigenvalue weighted by Gasteiger charge is 2.07. The molecule has 0 bridgehead atoms. The molecule has 5 radical (unpaired) electrons. The fraction of sp³-hybridized carbons (Fsp3) is 0.182. The molecule has 0 aliphatic rings. The summed E-state index contributed by atoms with van der Waals surface area (Å²) in [7, 11) is 12.7. The highest BCUT2D eigenvalue weighted by molar-refractivity contribution is 7.46. The molecule has 2 nitrogen and oxygen atoms in total. The molecule has 0 fully saturated rings. The van der Waals surface area contributed by atoms with Gasteiger partial charge in [0.2, 0.25) is 0 Å². The first kappa shape index (κ1) is 12.2. The maximum absolute atomic E-state index is 5.80. The van der Waals surface area contributed by atoms with Crippen molar-refractivity contribution in [2.45, 2.75) is 13.2 Å². The number of hydrogen-bond acceptors (Lipinski definition) is 1. The maximum atomic E-state index is 5.80. The standard InChI is InChI=1S/C11H11B4N2/c1-2-3-10-9-6-8(7-15(13)14-12)4-5-11(9)17-16-10/h2-6H,7H2,1H3,(H,16,17)/b3-2+. The minimum atomic E-state index is -0.107. The Morgan fingerprint density at radius 3 is 3.06 bits per heavy atom. The summed E-state index contributed by atoms with van der Waals surface area (Å²) >= 11 is 0. The molecule has 2 rings (SSSR count). The number of benzene rings is 1. The van der Waals surface area contributed by atoms with Crippen molar-refractivity contribution in [1.29, 1.82) is 0 Å². The Hall–Kier alpha value is -1.31. The van der Waals surface area contributed by atoms with E-state index >= 15 is 0 Å². The fourth-order valence-electron chi connectivity index (χ4n) is 1.84. The lowest BCUT2D eigenvalue weighted by Gasteiger charge is -2.05. The lowest BCUT2D eigenvalue weighted by atomic mass is 9.04. The molecule has 0 saturated carbocycles. The summed E-state index contributed by atoms with van der Waals surface area (Å²) in [6.07, 6.45) is 4.74. The number of nitrogens with one attached hydrogen (secondary N) is 1. The lowest BCUT2D eigenvalue weighted by molar-refractivity contribution is 1.11. The number of hydrogen-bond donors (Lipinski definition) is 1. The van der Waals surface area contributed by atoms with Crippen molar-refractivity contribution in [2.75, 3.05) is 0 Å². The molecule has 6 heteroatoms. The largest absolute Gasteiger partial charge is 0.277 e. The van der Waals surface area contributed by atoms with E-state index in [1.807, 2.05) is 31.2 Å². The van der Waals surface area contributed by atoms with Gasteiger partial charge in [0.15, 0.2) is 0 Å². The van der Waals surface area contributed by atoms with Gasteiger partial charge in [-0.2, -0.15) is 5.10 Å². The Bertz CT molecular complexity index is 535. The molecule has 0 spiro atoms. The summed E-state index contributed by atoms with van der Waals surface area (Å²) in [5.74, 6) is 0. The minimum Gasteiger partial charge on any atom is -0.277 e. The Balaban J connectivity index is 2.37. The van der Waals surface area contributed by atoms with Crippen LogP contribution < -0.4 is 0 Å². The van der Waals surface area contributed by atoms with Gasteiger partial charge in [-0.15, -0.1) is 0 Å². The topological polar surface area (TPSA) is 28.7 Å². The van der Waals surface area contributed by atoms with Crippen molar-refractivity contribution in [1.82, 2.24) is 10.2 Å². The average molecular weight is 214 g/mol. The number of rotatable bonds is 4. The quantitative estimate of drug-likeness (QED) is 0.759. The predicted molar refractivity (Wildman–Crippen MR) is 77.5 cm³/mol. The highest BCUT2D eigenvalue weighted by Crippen LogP contribution is 2.19. The summed E-state index contributed by atoms with van der Waals surface area (Å²) < 4.78 is 0. The molecular weight excluding hydrogens is 203 g/mol. The van der Waals surface area contributed by atoms with Gasteiger partial charge < -0.3 is 0 Å². The van der Waals surface area contributed by atoms with Crippen LogP contribution in [0.25, 0.3) is 17.0 Å². The Morgan fingerprint density at radius 2 is 2.35 bits per heavy atom. The van der Waals surface area contributed by atoms with Gasteiger partial charge in [0.1, 0.15) is 0 Å². The molecule has 77 valence electrons. The van der Waals surface area contributed by atoms with Crippen molar-refractivity contribution in [3.8, 4) is 0 Å². The van der Waals surface area contributed by atoms with Crippen molar-refractivity contribution in [2.24, 2.45) is 0 Å². The summed E-state index contributed by atoms with van der Waals surface area (Å²) in [6, 6.07) is 6.14. The zero-order valence-electron chi connectivity index (χ0n) is 9.85. The molecular formula is C11H11B4N2. The predicted octanol–water partition coefficient (Wildman–Crippen LogP) is 1.12. The van der Waals surface area contributed by atoms with E-state index in [0.29, 0.717) is 0 Å². The van der Waals surface area contributed by atoms with Crippen molar-refractivity contribution >= 4 is 46.0 Å². The van der Waals surface area contributed by atoms with Gasteiger partial charge in [0, 0.05) is 27.9 Å². The second-order valence-corrected chi connectivity index (χ2v) is 4.05. The number of nitrogens with zero attached hydrogens (tertiary/aromatic N) is 1. The highest BCUT2D eigenvalue weighted by atomic mass is 15.1. The molecule has 1 aromatic heterocycles. The van der Waals surface area contributed by atoms with E-state index in [-0.39, 0.29) is 6.49 Å². The SMILES string of the molecule is [B][B]B([B])Cc1ccc2n[nH]c(/C=C/C)c2c1. The zero-order chi connectivity index (χ0) is 12.3. The molecule has 17 heavy (non-hydrogen) atoms. The Kier molecular flexibility index (Phi) is 3.82. The number of aromatic amines is 1. The summed E-state index contributed by atoms with van der Waals surface area (Å²) in [6.45, 7) is 1.88. The molecule has 1 N–H and O–H groups in total. The van der Waals surface area contributed by atoms with Crippen LogP contribution in [0.3, 0.4) is 0 Å². The van der Waals surface area contributed by atoms with Gasteiger partial charge in [0.25, 0.3) is 0 Å². The van der Waals surface area contributed by atoms with Crippen LogP contribution in [0.4, 0.5) is 0 Å². The second-order valence-electron chi connectivity index (χ2n) is 4.05. The number of aromatic nitrogens is 2. The van der Waals surface area contributed by atoms with Gasteiger partial charge in [0.05, 0.1) is 17.7 Å². The van der Waals surface area contributed by atoms with Crippen LogP contribution >= 0.6 is 0 Å². The van der Waals surface area contributed by atoms with Crippen LogP contribution in [-0.2, 0) is 6.32 Å². The van der Waals surface area contributed by atoms with E-state index in [4.69, 9.17) is 15.5 Å². The van der Waals surface area contributed by atoms with E-state index in [2.05, 4.69) is 16.3 Å². The molecule has 0 saturated heterocycles.